The van der Waals surface area contributed by atoms with Gasteiger partial charge in [0.1, 0.15) is 0 Å². The molecule has 0 spiro atoms. The van der Waals surface area contributed by atoms with Crippen LogP contribution >= 0.6 is 0 Å². The van der Waals surface area contributed by atoms with Crippen molar-refractivity contribution in [1.29, 1.82) is 0 Å². The minimum atomic E-state index is -0.0826. The van der Waals surface area contributed by atoms with E-state index in [0.717, 1.165) is 32.4 Å². The van der Waals surface area contributed by atoms with Gasteiger partial charge in [-0.1, -0.05) is 26.7 Å². The second kappa shape index (κ2) is 11.5. The summed E-state index contributed by atoms with van der Waals surface area (Å²) in [7, 11) is 0. The first-order valence-electron chi connectivity index (χ1n) is 5.96. The lowest BCUT2D eigenvalue weighted by Crippen LogP contribution is -2.18. The van der Waals surface area contributed by atoms with Crippen molar-refractivity contribution in [3.63, 3.8) is 0 Å². The molecular weight excluding hydrogens is 190 g/mol. The molecule has 0 heterocycles. The Morgan fingerprint density at radius 1 is 1.27 bits per heavy atom. The molecule has 0 rings (SSSR count). The second-order valence-electron chi connectivity index (χ2n) is 3.63. The van der Waals surface area contributed by atoms with Crippen molar-refractivity contribution < 1.29 is 9.53 Å². The third kappa shape index (κ3) is 11.4. The minimum Gasteiger partial charge on any atom is -0.466 e. The molecule has 0 aliphatic heterocycles. The predicted octanol–water partition coefficient (Wildman–Crippen LogP) is 2.31. The van der Waals surface area contributed by atoms with E-state index in [1.807, 2.05) is 0 Å². The van der Waals surface area contributed by atoms with Crippen LogP contribution in [0.25, 0.3) is 0 Å². The van der Waals surface area contributed by atoms with Crippen molar-refractivity contribution in [1.82, 2.24) is 5.32 Å². The van der Waals surface area contributed by atoms with Crippen LogP contribution < -0.4 is 5.32 Å². The van der Waals surface area contributed by atoms with Gasteiger partial charge in [-0.05, 0) is 32.4 Å². The third-order valence-corrected chi connectivity index (χ3v) is 2.10. The van der Waals surface area contributed by atoms with Gasteiger partial charge < -0.3 is 10.1 Å². The Kier molecular flexibility index (Phi) is 11.1. The fraction of sp³-hybridized carbons (Fsp3) is 0.833. The molecule has 0 aromatic carbocycles. The average Bonchev–Trinajstić information content (AvgIpc) is 2.23. The number of esters is 1. The highest BCUT2D eigenvalue weighted by Crippen LogP contribution is 1.94. The number of carbonyl (C=O) groups is 1. The quantitative estimate of drug-likeness (QED) is 0.448. The molecule has 0 fully saturated rings. The lowest BCUT2D eigenvalue weighted by molar-refractivity contribution is -0.143. The van der Waals surface area contributed by atoms with Crippen LogP contribution in [0.4, 0.5) is 0 Å². The molecule has 0 unspecified atom stereocenters. The molecule has 0 bridgehead atoms. The summed E-state index contributed by atoms with van der Waals surface area (Å²) in [5, 5.41) is 3.29. The van der Waals surface area contributed by atoms with Crippen LogP contribution in [0.15, 0.2) is 0 Å². The Labute approximate surface area is 93.6 Å². The molecule has 0 saturated heterocycles. The Morgan fingerprint density at radius 2 is 2.00 bits per heavy atom. The topological polar surface area (TPSA) is 38.3 Å². The van der Waals surface area contributed by atoms with Gasteiger partial charge in [0, 0.05) is 6.42 Å². The zero-order chi connectivity index (χ0) is 11.4. The molecule has 0 atom stereocenters. The molecule has 15 heavy (non-hydrogen) atoms. The first-order chi connectivity index (χ1) is 7.31. The molecule has 0 aliphatic rings. The van der Waals surface area contributed by atoms with Gasteiger partial charge in [-0.15, -0.1) is 0 Å². The largest absolute Gasteiger partial charge is 0.466 e. The van der Waals surface area contributed by atoms with Crippen LogP contribution in [-0.4, -0.2) is 25.7 Å². The van der Waals surface area contributed by atoms with Crippen molar-refractivity contribution in [2.24, 2.45) is 0 Å². The van der Waals surface area contributed by atoms with Gasteiger partial charge >= 0.3 is 5.97 Å². The molecule has 3 heteroatoms. The van der Waals surface area contributed by atoms with E-state index in [1.54, 1.807) is 0 Å². The summed E-state index contributed by atoms with van der Waals surface area (Å²) in [4.78, 5) is 11.1. The van der Waals surface area contributed by atoms with E-state index < -0.39 is 0 Å². The molecule has 0 aliphatic carbocycles. The number of hydrogen-bond acceptors (Lipinski definition) is 3. The van der Waals surface area contributed by atoms with E-state index >= 15 is 0 Å². The highest BCUT2D eigenvalue weighted by Gasteiger charge is 2.01. The van der Waals surface area contributed by atoms with Gasteiger partial charge in [0.2, 0.25) is 0 Å². The Bertz CT molecular complexity index is 149. The molecule has 1 radical (unpaired) electrons. The van der Waals surface area contributed by atoms with Gasteiger partial charge in [-0.3, -0.25) is 4.79 Å². The number of nitrogens with one attached hydrogen (secondary N) is 1. The number of carbonyl (C=O) groups excluding carboxylic acids is 1. The zero-order valence-corrected chi connectivity index (χ0v) is 9.89. The maximum absolute atomic E-state index is 11.1. The molecule has 1 N–H and O–H groups in total. The number of ether oxygens (including phenoxy) is 1. The van der Waals surface area contributed by atoms with E-state index in [4.69, 9.17) is 4.74 Å². The molecule has 0 aromatic rings. The fourth-order valence-corrected chi connectivity index (χ4v) is 1.14. The lowest BCUT2D eigenvalue weighted by atomic mass is 10.3. The van der Waals surface area contributed by atoms with E-state index in [2.05, 4.69) is 19.2 Å². The van der Waals surface area contributed by atoms with Crippen LogP contribution in [0.2, 0.25) is 0 Å². The molecule has 0 saturated carbocycles. The van der Waals surface area contributed by atoms with Crippen LogP contribution in [0.1, 0.15) is 45.4 Å². The normalized spacial score (nSPS) is 10.3. The fourth-order valence-electron chi connectivity index (χ4n) is 1.14. The van der Waals surface area contributed by atoms with Gasteiger partial charge in [-0.2, -0.15) is 0 Å². The van der Waals surface area contributed by atoms with Crippen LogP contribution in [-0.2, 0) is 9.53 Å². The minimum absolute atomic E-state index is 0.0826. The van der Waals surface area contributed by atoms with Crippen LogP contribution in [0, 0.1) is 6.92 Å². The summed E-state index contributed by atoms with van der Waals surface area (Å²) in [6.07, 6.45) is 5.49. The summed E-state index contributed by atoms with van der Waals surface area (Å²) in [6.45, 7) is 8.33. The Balaban J connectivity index is 3.10. The van der Waals surface area contributed by atoms with Gasteiger partial charge in [0.15, 0.2) is 0 Å². The van der Waals surface area contributed by atoms with Crippen molar-refractivity contribution in [3.8, 4) is 0 Å². The van der Waals surface area contributed by atoms with E-state index in [9.17, 15) is 4.79 Å². The third-order valence-electron chi connectivity index (χ3n) is 2.10. The molecule has 3 nitrogen and oxygen atoms in total. The standard InChI is InChI=1S/C12H24NO2/c1-3-5-9-13-10-7-8-12(14)15-11-6-4-2/h13H,2-11H2,1H3. The molecular formula is C12H24NO2. The smallest absolute Gasteiger partial charge is 0.305 e. The first kappa shape index (κ1) is 14.4. The number of unbranched alkanes of at least 4 members (excludes halogenated alkanes) is 2. The van der Waals surface area contributed by atoms with Crippen molar-refractivity contribution >= 4 is 5.97 Å². The monoisotopic (exact) mass is 214 g/mol. The summed E-state index contributed by atoms with van der Waals surface area (Å²) in [5.74, 6) is -0.0826. The molecule has 0 amide bonds. The second-order valence-corrected chi connectivity index (χ2v) is 3.63. The zero-order valence-electron chi connectivity index (χ0n) is 9.89. The SMILES string of the molecule is [CH2]CCCOC(=O)CCCNCCCC. The Morgan fingerprint density at radius 3 is 2.67 bits per heavy atom. The average molecular weight is 214 g/mol. The first-order valence-corrected chi connectivity index (χ1v) is 5.96. The van der Waals surface area contributed by atoms with Crippen LogP contribution in [0.5, 0.6) is 0 Å². The maximum Gasteiger partial charge on any atom is 0.305 e. The van der Waals surface area contributed by atoms with E-state index in [0.29, 0.717) is 13.0 Å². The predicted molar refractivity (Wildman–Crippen MR) is 62.6 cm³/mol. The molecule has 89 valence electrons. The molecule has 0 aromatic heterocycles. The van der Waals surface area contributed by atoms with E-state index in [1.165, 1.54) is 12.8 Å². The lowest BCUT2D eigenvalue weighted by Gasteiger charge is -2.04. The van der Waals surface area contributed by atoms with Crippen molar-refractivity contribution in [3.05, 3.63) is 6.92 Å². The highest BCUT2D eigenvalue weighted by molar-refractivity contribution is 5.69. The van der Waals surface area contributed by atoms with Crippen molar-refractivity contribution in [2.75, 3.05) is 19.7 Å². The van der Waals surface area contributed by atoms with E-state index in [-0.39, 0.29) is 5.97 Å². The Hall–Kier alpha value is -0.570. The summed E-state index contributed by atoms with van der Waals surface area (Å²) in [6, 6.07) is 0. The van der Waals surface area contributed by atoms with Gasteiger partial charge in [-0.25, -0.2) is 0 Å². The summed E-state index contributed by atoms with van der Waals surface area (Å²) >= 11 is 0. The summed E-state index contributed by atoms with van der Waals surface area (Å²) < 4.78 is 5.00. The van der Waals surface area contributed by atoms with Crippen LogP contribution in [0.3, 0.4) is 0 Å². The summed E-state index contributed by atoms with van der Waals surface area (Å²) in [5.41, 5.74) is 0. The van der Waals surface area contributed by atoms with Gasteiger partial charge in [0.05, 0.1) is 6.61 Å². The van der Waals surface area contributed by atoms with Gasteiger partial charge in [0.25, 0.3) is 0 Å². The highest BCUT2D eigenvalue weighted by atomic mass is 16.5. The number of hydrogen-bond donors (Lipinski definition) is 1. The van der Waals surface area contributed by atoms with Crippen molar-refractivity contribution in [2.45, 2.75) is 45.4 Å². The number of rotatable bonds is 10. The maximum atomic E-state index is 11.1.